The Bertz CT molecular complexity index is 658. The Balaban J connectivity index is 1.87. The highest BCUT2D eigenvalue weighted by atomic mass is 79.9. The number of aromatic nitrogens is 1. The number of ether oxygens (including phenoxy) is 1. The number of halogens is 2. The average Bonchev–Trinajstić information content (AvgIpc) is 2.40. The molecule has 0 fully saturated rings. The zero-order valence-electron chi connectivity index (χ0n) is 10.7. The molecule has 0 atom stereocenters. The molecule has 0 radical (unpaired) electrons. The zero-order chi connectivity index (χ0) is 14.5. The lowest BCUT2D eigenvalue weighted by molar-refractivity contribution is 0.287. The Morgan fingerprint density at radius 1 is 1.30 bits per heavy atom. The monoisotopic (exact) mass is 340 g/mol. The summed E-state index contributed by atoms with van der Waals surface area (Å²) in [5.74, 6) is -0.214. The van der Waals surface area contributed by atoms with Crippen molar-refractivity contribution in [3.05, 3.63) is 57.2 Å². The number of hydrogen-bond acceptors (Lipinski definition) is 3. The van der Waals surface area contributed by atoms with E-state index in [0.29, 0.717) is 29.7 Å². The Morgan fingerprint density at radius 3 is 2.85 bits per heavy atom. The molecule has 1 aromatic heterocycles. The van der Waals surface area contributed by atoms with Crippen molar-refractivity contribution in [2.75, 3.05) is 12.3 Å². The van der Waals surface area contributed by atoms with Crippen LogP contribution in [-0.4, -0.2) is 11.2 Å². The number of nitrogens with two attached hydrogens (primary N) is 1. The molecule has 2 N–H and O–H groups in total. The number of hydrogen-bond donors (Lipinski definition) is 1. The van der Waals surface area contributed by atoms with Crippen molar-refractivity contribution < 1.29 is 9.13 Å². The summed E-state index contributed by atoms with van der Waals surface area (Å²) in [6, 6.07) is 7.60. The van der Waals surface area contributed by atoms with Crippen molar-refractivity contribution >= 4 is 21.6 Å². The molecule has 0 saturated heterocycles. The molecule has 0 aliphatic rings. The fraction of sp³-hybridized carbons (Fsp3) is 0.214. The van der Waals surface area contributed by atoms with Gasteiger partial charge in [0, 0.05) is 29.0 Å². The maximum Gasteiger partial charge on any atom is 0.250 e. The van der Waals surface area contributed by atoms with Crippen molar-refractivity contribution in [1.29, 1.82) is 0 Å². The van der Waals surface area contributed by atoms with Gasteiger partial charge in [-0.2, -0.15) is 0 Å². The van der Waals surface area contributed by atoms with Crippen LogP contribution in [0.5, 0.6) is 5.75 Å². The van der Waals surface area contributed by atoms with Gasteiger partial charge in [0.15, 0.2) is 11.6 Å². The first-order valence-electron chi connectivity index (χ1n) is 6.10. The molecule has 0 spiro atoms. The molecule has 1 aromatic carbocycles. The minimum absolute atomic E-state index is 0.117. The second-order valence-electron chi connectivity index (χ2n) is 4.27. The number of nitrogens with zero attached hydrogens (tertiary/aromatic N) is 1. The van der Waals surface area contributed by atoms with Gasteiger partial charge in [0.25, 0.3) is 5.56 Å². The normalized spacial score (nSPS) is 10.5. The van der Waals surface area contributed by atoms with Gasteiger partial charge in [-0.25, -0.2) is 4.39 Å². The molecule has 1 heterocycles. The number of pyridine rings is 1. The molecule has 106 valence electrons. The van der Waals surface area contributed by atoms with Gasteiger partial charge in [0.05, 0.1) is 6.61 Å². The number of nitrogen functional groups attached to an aromatic ring is 1. The highest BCUT2D eigenvalue weighted by Gasteiger charge is 2.03. The molecule has 0 bridgehead atoms. The first kappa shape index (κ1) is 14.6. The second kappa shape index (κ2) is 6.56. The van der Waals surface area contributed by atoms with Gasteiger partial charge in [-0.05, 0) is 30.7 Å². The zero-order valence-corrected chi connectivity index (χ0v) is 12.3. The van der Waals surface area contributed by atoms with Gasteiger partial charge in [-0.3, -0.25) is 4.79 Å². The van der Waals surface area contributed by atoms with Crippen LogP contribution >= 0.6 is 15.9 Å². The van der Waals surface area contributed by atoms with Crippen LogP contribution in [0.25, 0.3) is 0 Å². The average molecular weight is 341 g/mol. The van der Waals surface area contributed by atoms with Gasteiger partial charge in [-0.1, -0.05) is 15.9 Å². The SMILES string of the molecule is Nc1ccc(=O)n(CCCOc2ccc(Br)cc2F)c1. The van der Waals surface area contributed by atoms with Crippen LogP contribution in [0.4, 0.5) is 10.1 Å². The Kier molecular flexibility index (Phi) is 4.79. The summed E-state index contributed by atoms with van der Waals surface area (Å²) >= 11 is 3.18. The summed E-state index contributed by atoms with van der Waals surface area (Å²) in [5.41, 5.74) is 6.03. The lowest BCUT2D eigenvalue weighted by Gasteiger charge is -2.09. The lowest BCUT2D eigenvalue weighted by atomic mass is 10.3. The maximum atomic E-state index is 13.5. The first-order valence-corrected chi connectivity index (χ1v) is 6.89. The van der Waals surface area contributed by atoms with Crippen LogP contribution in [-0.2, 0) is 6.54 Å². The smallest absolute Gasteiger partial charge is 0.250 e. The molecule has 0 aliphatic heterocycles. The summed E-state index contributed by atoms with van der Waals surface area (Å²) in [5, 5.41) is 0. The van der Waals surface area contributed by atoms with Gasteiger partial charge in [0.1, 0.15) is 0 Å². The number of aryl methyl sites for hydroxylation is 1. The molecule has 2 rings (SSSR count). The van der Waals surface area contributed by atoms with Crippen molar-refractivity contribution in [2.24, 2.45) is 0 Å². The van der Waals surface area contributed by atoms with Crippen molar-refractivity contribution in [3.8, 4) is 5.75 Å². The van der Waals surface area contributed by atoms with Gasteiger partial charge in [0.2, 0.25) is 0 Å². The fourth-order valence-electron chi connectivity index (χ4n) is 1.73. The second-order valence-corrected chi connectivity index (χ2v) is 5.19. The molecule has 0 saturated carbocycles. The van der Waals surface area contributed by atoms with Crippen LogP contribution in [0.1, 0.15) is 6.42 Å². The van der Waals surface area contributed by atoms with E-state index in [0.717, 1.165) is 0 Å². The van der Waals surface area contributed by atoms with E-state index in [4.69, 9.17) is 10.5 Å². The molecular formula is C14H14BrFN2O2. The quantitative estimate of drug-likeness (QED) is 0.851. The minimum atomic E-state index is -0.416. The van der Waals surface area contributed by atoms with E-state index in [1.807, 2.05) is 0 Å². The molecular weight excluding hydrogens is 327 g/mol. The number of benzene rings is 1. The summed E-state index contributed by atoms with van der Waals surface area (Å²) < 4.78 is 21.0. The number of rotatable bonds is 5. The highest BCUT2D eigenvalue weighted by Crippen LogP contribution is 2.21. The molecule has 2 aromatic rings. The van der Waals surface area contributed by atoms with Crippen LogP contribution in [0.2, 0.25) is 0 Å². The Labute approximate surface area is 124 Å². The molecule has 0 aliphatic carbocycles. The summed E-state index contributed by atoms with van der Waals surface area (Å²) in [6.45, 7) is 0.793. The van der Waals surface area contributed by atoms with Crippen LogP contribution in [0, 0.1) is 5.82 Å². The van der Waals surface area contributed by atoms with E-state index < -0.39 is 5.82 Å². The largest absolute Gasteiger partial charge is 0.490 e. The molecule has 4 nitrogen and oxygen atoms in total. The third-order valence-electron chi connectivity index (χ3n) is 2.70. The standard InChI is InChI=1S/C14H14BrFN2O2/c15-10-2-4-13(12(16)8-10)20-7-1-6-18-9-11(17)3-5-14(18)19/h2-5,8-9H,1,6-7,17H2. The van der Waals surface area contributed by atoms with Gasteiger partial charge in [-0.15, -0.1) is 0 Å². The molecule has 6 heteroatoms. The van der Waals surface area contributed by atoms with E-state index in [-0.39, 0.29) is 11.3 Å². The van der Waals surface area contributed by atoms with Crippen molar-refractivity contribution in [2.45, 2.75) is 13.0 Å². The van der Waals surface area contributed by atoms with Gasteiger partial charge >= 0.3 is 0 Å². The van der Waals surface area contributed by atoms with Crippen molar-refractivity contribution in [1.82, 2.24) is 4.57 Å². The lowest BCUT2D eigenvalue weighted by Crippen LogP contribution is -2.20. The first-order chi connectivity index (χ1) is 9.56. The number of anilines is 1. The fourth-order valence-corrected chi connectivity index (χ4v) is 2.07. The van der Waals surface area contributed by atoms with E-state index in [2.05, 4.69) is 15.9 Å². The molecule has 0 unspecified atom stereocenters. The van der Waals surface area contributed by atoms with E-state index in [9.17, 15) is 9.18 Å². The van der Waals surface area contributed by atoms with Crippen LogP contribution in [0.3, 0.4) is 0 Å². The Morgan fingerprint density at radius 2 is 2.10 bits per heavy atom. The third-order valence-corrected chi connectivity index (χ3v) is 3.19. The summed E-state index contributed by atoms with van der Waals surface area (Å²) in [6.07, 6.45) is 2.17. The van der Waals surface area contributed by atoms with E-state index >= 15 is 0 Å². The summed E-state index contributed by atoms with van der Waals surface area (Å²) in [7, 11) is 0. The molecule has 20 heavy (non-hydrogen) atoms. The van der Waals surface area contributed by atoms with Crippen LogP contribution < -0.4 is 16.0 Å². The molecule has 0 amide bonds. The van der Waals surface area contributed by atoms with Crippen LogP contribution in [0.15, 0.2) is 45.8 Å². The van der Waals surface area contributed by atoms with E-state index in [1.54, 1.807) is 24.4 Å². The minimum Gasteiger partial charge on any atom is -0.490 e. The van der Waals surface area contributed by atoms with Gasteiger partial charge < -0.3 is 15.0 Å². The predicted octanol–water partition coefficient (Wildman–Crippen LogP) is 2.80. The van der Waals surface area contributed by atoms with E-state index in [1.165, 1.54) is 16.7 Å². The van der Waals surface area contributed by atoms with Crippen molar-refractivity contribution in [3.63, 3.8) is 0 Å². The summed E-state index contributed by atoms with van der Waals surface area (Å²) in [4.78, 5) is 11.5. The highest BCUT2D eigenvalue weighted by molar-refractivity contribution is 9.10. The predicted molar refractivity (Wildman–Crippen MR) is 79.3 cm³/mol. The third kappa shape index (κ3) is 3.84. The maximum absolute atomic E-state index is 13.5. The topological polar surface area (TPSA) is 57.2 Å². The Hall–Kier alpha value is -1.82.